The van der Waals surface area contributed by atoms with Gasteiger partial charge < -0.3 is 5.32 Å². The maximum absolute atomic E-state index is 11.1. The molecule has 0 radical (unpaired) electrons. The van der Waals surface area contributed by atoms with Crippen molar-refractivity contribution in [2.24, 2.45) is 0 Å². The summed E-state index contributed by atoms with van der Waals surface area (Å²) >= 11 is 0. The van der Waals surface area contributed by atoms with E-state index in [-0.39, 0.29) is 5.91 Å². The van der Waals surface area contributed by atoms with Gasteiger partial charge in [-0.2, -0.15) is 9.50 Å². The number of carbonyl (C=O) groups is 1. The van der Waals surface area contributed by atoms with E-state index in [0.29, 0.717) is 17.5 Å². The minimum atomic E-state index is -0.210. The minimum Gasteiger partial charge on any atom is -0.323 e. The van der Waals surface area contributed by atoms with Crippen molar-refractivity contribution in [3.05, 3.63) is 42.6 Å². The van der Waals surface area contributed by atoms with Gasteiger partial charge in [-0.15, -0.1) is 5.10 Å². The number of rotatable bonds is 3. The second kappa shape index (κ2) is 4.96. The highest BCUT2D eigenvalue weighted by molar-refractivity contribution is 5.87. The molecule has 100 valence electrons. The molecule has 3 aromatic rings. The van der Waals surface area contributed by atoms with E-state index in [4.69, 9.17) is 0 Å². The van der Waals surface area contributed by atoms with Crippen LogP contribution in [0.2, 0.25) is 0 Å². The van der Waals surface area contributed by atoms with Gasteiger partial charge in [0, 0.05) is 24.9 Å². The molecular formula is C13H12N6O. The first-order valence-corrected chi connectivity index (χ1v) is 6.04. The highest BCUT2D eigenvalue weighted by atomic mass is 16.1. The number of nitrogens with zero attached hydrogens (tertiary/aromatic N) is 4. The maximum Gasteiger partial charge on any atom is 0.247 e. The lowest BCUT2D eigenvalue weighted by Crippen LogP contribution is -2.11. The molecule has 0 aliphatic carbocycles. The summed E-state index contributed by atoms with van der Waals surface area (Å²) in [7, 11) is 0. The van der Waals surface area contributed by atoms with Gasteiger partial charge in [-0.1, -0.05) is 18.2 Å². The van der Waals surface area contributed by atoms with Crippen LogP contribution in [0.1, 0.15) is 6.92 Å². The summed E-state index contributed by atoms with van der Waals surface area (Å²) in [5.74, 6) is 0.567. The van der Waals surface area contributed by atoms with Crippen molar-refractivity contribution in [2.45, 2.75) is 6.92 Å². The van der Waals surface area contributed by atoms with Crippen LogP contribution in [0.25, 0.3) is 5.65 Å². The van der Waals surface area contributed by atoms with E-state index in [1.807, 2.05) is 30.3 Å². The Morgan fingerprint density at radius 1 is 1.20 bits per heavy atom. The summed E-state index contributed by atoms with van der Waals surface area (Å²) in [4.78, 5) is 19.5. The van der Waals surface area contributed by atoms with Gasteiger partial charge in [0.1, 0.15) is 0 Å². The number of benzene rings is 1. The minimum absolute atomic E-state index is 0.210. The lowest BCUT2D eigenvalue weighted by molar-refractivity contribution is -0.114. The van der Waals surface area contributed by atoms with Gasteiger partial charge in [0.2, 0.25) is 17.8 Å². The summed E-state index contributed by atoms with van der Waals surface area (Å²) in [6.45, 7) is 1.42. The van der Waals surface area contributed by atoms with E-state index in [9.17, 15) is 4.79 Å². The summed E-state index contributed by atoms with van der Waals surface area (Å²) in [6.07, 6.45) is 1.57. The third-order valence-corrected chi connectivity index (χ3v) is 2.57. The van der Waals surface area contributed by atoms with E-state index in [1.54, 1.807) is 12.3 Å². The molecule has 7 nitrogen and oxygen atoms in total. The predicted molar refractivity (Wildman–Crippen MR) is 74.8 cm³/mol. The van der Waals surface area contributed by atoms with Crippen molar-refractivity contribution in [3.8, 4) is 0 Å². The Kier molecular flexibility index (Phi) is 3.00. The molecule has 0 saturated heterocycles. The zero-order chi connectivity index (χ0) is 13.9. The van der Waals surface area contributed by atoms with Crippen LogP contribution in [-0.2, 0) is 4.79 Å². The number of amides is 1. The summed E-state index contributed by atoms with van der Waals surface area (Å²) in [6, 6.07) is 11.3. The lowest BCUT2D eigenvalue weighted by Gasteiger charge is -2.01. The molecule has 0 spiro atoms. The van der Waals surface area contributed by atoms with Crippen LogP contribution >= 0.6 is 0 Å². The van der Waals surface area contributed by atoms with Gasteiger partial charge in [-0.05, 0) is 12.1 Å². The van der Waals surface area contributed by atoms with Gasteiger partial charge in [0.25, 0.3) is 0 Å². The zero-order valence-corrected chi connectivity index (χ0v) is 10.7. The largest absolute Gasteiger partial charge is 0.323 e. The SMILES string of the molecule is CC(=O)Nc1nccc2nc(Nc3ccccc3)nn12. The number of hydrogen-bond donors (Lipinski definition) is 2. The Morgan fingerprint density at radius 3 is 2.75 bits per heavy atom. The van der Waals surface area contributed by atoms with Crippen molar-refractivity contribution in [1.29, 1.82) is 0 Å². The summed E-state index contributed by atoms with van der Waals surface area (Å²) in [5.41, 5.74) is 1.49. The molecule has 2 N–H and O–H groups in total. The van der Waals surface area contributed by atoms with E-state index in [1.165, 1.54) is 11.4 Å². The van der Waals surface area contributed by atoms with E-state index < -0.39 is 0 Å². The molecule has 0 aliphatic rings. The molecule has 0 aliphatic heterocycles. The first-order chi connectivity index (χ1) is 9.72. The van der Waals surface area contributed by atoms with Crippen LogP contribution in [0.4, 0.5) is 17.6 Å². The Hall–Kier alpha value is -2.96. The molecule has 1 amide bonds. The quantitative estimate of drug-likeness (QED) is 0.757. The van der Waals surface area contributed by atoms with Crippen molar-refractivity contribution in [2.75, 3.05) is 10.6 Å². The number of fused-ring (bicyclic) bond motifs is 1. The second-order valence-corrected chi connectivity index (χ2v) is 4.15. The predicted octanol–water partition coefficient (Wildman–Crippen LogP) is 1.83. The standard InChI is InChI=1S/C13H12N6O/c1-9(20)15-13-14-8-7-11-17-12(18-19(11)13)16-10-5-3-2-4-6-10/h2-8H,1H3,(H,16,18)(H,14,15,20). The van der Waals surface area contributed by atoms with Crippen molar-refractivity contribution >= 4 is 29.1 Å². The van der Waals surface area contributed by atoms with Crippen molar-refractivity contribution in [1.82, 2.24) is 19.6 Å². The van der Waals surface area contributed by atoms with Crippen LogP contribution < -0.4 is 10.6 Å². The Balaban J connectivity index is 1.96. The molecule has 3 rings (SSSR count). The summed E-state index contributed by atoms with van der Waals surface area (Å²) in [5, 5.41) is 9.98. The van der Waals surface area contributed by atoms with Crippen LogP contribution in [0, 0.1) is 0 Å². The monoisotopic (exact) mass is 268 g/mol. The number of hydrogen-bond acceptors (Lipinski definition) is 5. The average Bonchev–Trinajstić information content (AvgIpc) is 2.83. The van der Waals surface area contributed by atoms with Crippen LogP contribution in [0.3, 0.4) is 0 Å². The topological polar surface area (TPSA) is 84.2 Å². The third kappa shape index (κ3) is 2.41. The molecule has 0 unspecified atom stereocenters. The zero-order valence-electron chi connectivity index (χ0n) is 10.7. The van der Waals surface area contributed by atoms with Crippen LogP contribution in [0.15, 0.2) is 42.6 Å². The fraction of sp³-hybridized carbons (Fsp3) is 0.0769. The first kappa shape index (κ1) is 12.1. The molecule has 20 heavy (non-hydrogen) atoms. The summed E-state index contributed by atoms with van der Waals surface area (Å²) < 4.78 is 1.48. The lowest BCUT2D eigenvalue weighted by atomic mass is 10.3. The Labute approximate surface area is 114 Å². The van der Waals surface area contributed by atoms with Gasteiger partial charge in [-0.3, -0.25) is 10.1 Å². The Morgan fingerprint density at radius 2 is 2.00 bits per heavy atom. The Bertz CT molecular complexity index is 752. The van der Waals surface area contributed by atoms with Crippen molar-refractivity contribution < 1.29 is 4.79 Å². The molecular weight excluding hydrogens is 256 g/mol. The molecule has 2 heterocycles. The van der Waals surface area contributed by atoms with Gasteiger partial charge in [0.15, 0.2) is 5.65 Å². The van der Waals surface area contributed by atoms with E-state index in [2.05, 4.69) is 25.7 Å². The maximum atomic E-state index is 11.1. The molecule has 2 aromatic heterocycles. The number of carbonyl (C=O) groups excluding carboxylic acids is 1. The molecule has 0 bridgehead atoms. The molecule has 0 fully saturated rings. The van der Waals surface area contributed by atoms with E-state index >= 15 is 0 Å². The van der Waals surface area contributed by atoms with Gasteiger partial charge in [-0.25, -0.2) is 4.98 Å². The molecule has 0 atom stereocenters. The van der Waals surface area contributed by atoms with Crippen LogP contribution in [-0.4, -0.2) is 25.5 Å². The van der Waals surface area contributed by atoms with E-state index in [0.717, 1.165) is 5.69 Å². The first-order valence-electron chi connectivity index (χ1n) is 6.04. The normalized spacial score (nSPS) is 10.4. The van der Waals surface area contributed by atoms with Gasteiger partial charge in [0.05, 0.1) is 0 Å². The molecule has 1 aromatic carbocycles. The fourth-order valence-electron chi connectivity index (χ4n) is 1.76. The van der Waals surface area contributed by atoms with Crippen molar-refractivity contribution in [3.63, 3.8) is 0 Å². The number of para-hydroxylation sites is 1. The second-order valence-electron chi connectivity index (χ2n) is 4.15. The number of nitrogens with one attached hydrogen (secondary N) is 2. The average molecular weight is 268 g/mol. The smallest absolute Gasteiger partial charge is 0.247 e. The molecule has 7 heteroatoms. The third-order valence-electron chi connectivity index (χ3n) is 2.57. The van der Waals surface area contributed by atoms with Gasteiger partial charge >= 0.3 is 0 Å². The fourth-order valence-corrected chi connectivity index (χ4v) is 1.76. The highest BCUT2D eigenvalue weighted by Gasteiger charge is 2.09. The number of anilines is 3. The highest BCUT2D eigenvalue weighted by Crippen LogP contribution is 2.15. The van der Waals surface area contributed by atoms with Crippen LogP contribution in [0.5, 0.6) is 0 Å². The number of aromatic nitrogens is 4. The molecule has 0 saturated carbocycles.